The molecule has 37 heavy (non-hydrogen) atoms. The van der Waals surface area contributed by atoms with Crippen LogP contribution in [-0.4, -0.2) is 33.3 Å². The second-order valence-corrected chi connectivity index (χ2v) is 14.2. The maximum Gasteiger partial charge on any atom is 0.330 e. The van der Waals surface area contributed by atoms with Gasteiger partial charge >= 0.3 is 5.97 Å². The van der Waals surface area contributed by atoms with Crippen LogP contribution in [-0.2, 0) is 18.8 Å². The molecular formula is C32H36O4Si. The highest BCUT2D eigenvalue weighted by molar-refractivity contribution is 6.99. The Bertz CT molecular complexity index is 1160. The Morgan fingerprint density at radius 1 is 0.811 bits per heavy atom. The van der Waals surface area contributed by atoms with Gasteiger partial charge in [-0.25, -0.2) is 4.79 Å². The molecular weight excluding hydrogens is 476 g/mol. The number of hydrogen-bond acceptors (Lipinski definition) is 4. The van der Waals surface area contributed by atoms with Crippen LogP contribution < -0.4 is 10.4 Å². The van der Waals surface area contributed by atoms with Crippen LogP contribution in [0.4, 0.5) is 0 Å². The number of carbonyl (C=O) groups excluding carboxylic acids is 2. The first-order valence-electron chi connectivity index (χ1n) is 12.6. The molecule has 192 valence electrons. The van der Waals surface area contributed by atoms with Gasteiger partial charge in [-0.05, 0) is 39.5 Å². The van der Waals surface area contributed by atoms with Gasteiger partial charge < -0.3 is 9.16 Å². The molecule has 5 heteroatoms. The number of hydrogen-bond donors (Lipinski definition) is 0. The summed E-state index contributed by atoms with van der Waals surface area (Å²) in [5.41, 5.74) is 0.974. The van der Waals surface area contributed by atoms with Gasteiger partial charge in [0, 0.05) is 12.5 Å². The summed E-state index contributed by atoms with van der Waals surface area (Å²) in [6, 6.07) is 30.4. The molecule has 0 amide bonds. The van der Waals surface area contributed by atoms with Crippen LogP contribution in [0.2, 0.25) is 5.04 Å². The molecule has 0 fully saturated rings. The molecule has 0 aromatic heterocycles. The number of ether oxygens (including phenoxy) is 1. The summed E-state index contributed by atoms with van der Waals surface area (Å²) in [7, 11) is -1.52. The monoisotopic (exact) mass is 512 g/mol. The Balaban J connectivity index is 1.96. The maximum atomic E-state index is 12.8. The first kappa shape index (κ1) is 28.0. The van der Waals surface area contributed by atoms with E-state index in [0.29, 0.717) is 6.42 Å². The minimum absolute atomic E-state index is 0.00590. The van der Waals surface area contributed by atoms with E-state index in [0.717, 1.165) is 15.9 Å². The van der Waals surface area contributed by atoms with Gasteiger partial charge in [0.05, 0.1) is 13.2 Å². The van der Waals surface area contributed by atoms with Crippen molar-refractivity contribution in [3.05, 3.63) is 115 Å². The molecule has 1 atom stereocenters. The fourth-order valence-corrected chi connectivity index (χ4v) is 9.15. The van der Waals surface area contributed by atoms with E-state index in [1.165, 1.54) is 13.2 Å². The lowest BCUT2D eigenvalue weighted by Gasteiger charge is -2.44. The third-order valence-corrected chi connectivity index (χ3v) is 11.4. The number of ketones is 1. The van der Waals surface area contributed by atoms with Crippen LogP contribution in [0.15, 0.2) is 109 Å². The molecule has 0 saturated carbocycles. The molecule has 0 bridgehead atoms. The van der Waals surface area contributed by atoms with E-state index >= 15 is 0 Å². The Morgan fingerprint density at radius 3 is 1.81 bits per heavy atom. The Labute approximate surface area is 221 Å². The second-order valence-electron chi connectivity index (χ2n) is 9.95. The van der Waals surface area contributed by atoms with E-state index in [1.54, 1.807) is 12.2 Å². The van der Waals surface area contributed by atoms with E-state index in [-0.39, 0.29) is 17.2 Å². The smallest absolute Gasteiger partial charge is 0.330 e. The number of allylic oxidation sites excluding steroid dienone is 1. The fourth-order valence-electron chi connectivity index (χ4n) is 4.49. The highest BCUT2D eigenvalue weighted by Crippen LogP contribution is 2.38. The van der Waals surface area contributed by atoms with Gasteiger partial charge in [-0.15, -0.1) is 0 Å². The molecule has 0 radical (unpaired) electrons. The van der Waals surface area contributed by atoms with Crippen LogP contribution >= 0.6 is 0 Å². The summed E-state index contributed by atoms with van der Waals surface area (Å²) < 4.78 is 12.0. The number of methoxy groups -OCH3 is 1. The minimum Gasteiger partial charge on any atom is -0.466 e. The van der Waals surface area contributed by atoms with Crippen molar-refractivity contribution in [2.45, 2.75) is 44.8 Å². The summed E-state index contributed by atoms with van der Waals surface area (Å²) in [5.74, 6) is -0.447. The van der Waals surface area contributed by atoms with E-state index in [4.69, 9.17) is 9.16 Å². The summed E-state index contributed by atoms with van der Waals surface area (Å²) in [6.07, 6.45) is 6.84. The van der Waals surface area contributed by atoms with Crippen LogP contribution in [0.3, 0.4) is 0 Å². The second kappa shape index (κ2) is 13.1. The summed E-state index contributed by atoms with van der Waals surface area (Å²) in [6.45, 7) is 6.61. The lowest BCUT2D eigenvalue weighted by atomic mass is 10.1. The molecule has 0 heterocycles. The zero-order valence-electron chi connectivity index (χ0n) is 22.1. The molecule has 0 spiro atoms. The van der Waals surface area contributed by atoms with E-state index in [1.807, 2.05) is 72.8 Å². The SMILES string of the molecule is COC(=O)/C=C/C(CCC(=O)/C=C/c1ccccc1)O[Si](c1ccccc1)(c1ccccc1)C(C)(C)C. The van der Waals surface area contributed by atoms with Gasteiger partial charge in [0.15, 0.2) is 5.78 Å². The van der Waals surface area contributed by atoms with Crippen LogP contribution in [0.5, 0.6) is 0 Å². The quantitative estimate of drug-likeness (QED) is 0.187. The highest BCUT2D eigenvalue weighted by Gasteiger charge is 2.51. The molecule has 0 N–H and O–H groups in total. The summed E-state index contributed by atoms with van der Waals surface area (Å²) >= 11 is 0. The maximum absolute atomic E-state index is 12.8. The van der Waals surface area contributed by atoms with Gasteiger partial charge in [0.1, 0.15) is 0 Å². The van der Waals surface area contributed by atoms with Crippen molar-refractivity contribution in [1.82, 2.24) is 0 Å². The topological polar surface area (TPSA) is 52.6 Å². The molecule has 0 aliphatic rings. The van der Waals surface area contributed by atoms with E-state index < -0.39 is 20.4 Å². The van der Waals surface area contributed by atoms with Crippen molar-refractivity contribution >= 4 is 36.5 Å². The third kappa shape index (κ3) is 7.48. The zero-order valence-corrected chi connectivity index (χ0v) is 23.1. The van der Waals surface area contributed by atoms with Crippen molar-refractivity contribution in [2.75, 3.05) is 7.11 Å². The normalized spacial score (nSPS) is 13.1. The molecule has 1 unspecified atom stereocenters. The first-order valence-corrected chi connectivity index (χ1v) is 14.5. The third-order valence-electron chi connectivity index (χ3n) is 6.33. The molecule has 3 rings (SSSR count). The zero-order chi connectivity index (χ0) is 26.7. The predicted molar refractivity (Wildman–Crippen MR) is 153 cm³/mol. The van der Waals surface area contributed by atoms with Gasteiger partial charge in [-0.3, -0.25) is 4.79 Å². The van der Waals surface area contributed by atoms with Crippen molar-refractivity contribution < 1.29 is 18.8 Å². The Morgan fingerprint density at radius 2 is 1.32 bits per heavy atom. The lowest BCUT2D eigenvalue weighted by molar-refractivity contribution is -0.134. The van der Waals surface area contributed by atoms with Crippen molar-refractivity contribution in [1.29, 1.82) is 0 Å². The predicted octanol–water partition coefficient (Wildman–Crippen LogP) is 5.72. The largest absolute Gasteiger partial charge is 0.466 e. The average molecular weight is 513 g/mol. The average Bonchev–Trinajstić information content (AvgIpc) is 2.92. The number of esters is 1. The van der Waals surface area contributed by atoms with E-state index in [9.17, 15) is 9.59 Å². The highest BCUT2D eigenvalue weighted by atomic mass is 28.4. The van der Waals surface area contributed by atoms with Crippen LogP contribution in [0.1, 0.15) is 39.2 Å². The Kier molecular flexibility index (Phi) is 9.95. The molecule has 3 aromatic carbocycles. The van der Waals surface area contributed by atoms with Crippen LogP contribution in [0.25, 0.3) is 6.08 Å². The number of benzene rings is 3. The van der Waals surface area contributed by atoms with Gasteiger partial charge in [-0.2, -0.15) is 0 Å². The van der Waals surface area contributed by atoms with Crippen molar-refractivity contribution in [3.63, 3.8) is 0 Å². The lowest BCUT2D eigenvalue weighted by Crippen LogP contribution is -2.67. The molecule has 3 aromatic rings. The minimum atomic E-state index is -2.87. The van der Waals surface area contributed by atoms with E-state index in [2.05, 4.69) is 45.0 Å². The van der Waals surface area contributed by atoms with Gasteiger partial charge in [-0.1, -0.05) is 118 Å². The van der Waals surface area contributed by atoms with Crippen LogP contribution in [0, 0.1) is 0 Å². The van der Waals surface area contributed by atoms with Crippen molar-refractivity contribution in [3.8, 4) is 0 Å². The number of carbonyl (C=O) groups is 2. The molecule has 0 aliphatic carbocycles. The van der Waals surface area contributed by atoms with Crippen molar-refractivity contribution in [2.24, 2.45) is 0 Å². The first-order chi connectivity index (χ1) is 17.8. The van der Waals surface area contributed by atoms with Gasteiger partial charge in [0.2, 0.25) is 0 Å². The number of rotatable bonds is 11. The molecule has 0 saturated heterocycles. The molecule has 0 aliphatic heterocycles. The standard InChI is InChI=1S/C32H36O4Si/c1-32(2,3)37(29-16-10-6-11-17-29,30-18-12-7-13-19-30)36-28(24-25-31(34)35-4)23-22-27(33)21-20-26-14-8-5-9-15-26/h5-21,24-25,28H,22-23H2,1-4H3/b21-20+,25-24+. The summed E-state index contributed by atoms with van der Waals surface area (Å²) in [4.78, 5) is 24.8. The van der Waals surface area contributed by atoms with Gasteiger partial charge in [0.25, 0.3) is 8.32 Å². The fraction of sp³-hybridized carbons (Fsp3) is 0.250. The Hall–Kier alpha value is -3.54. The summed E-state index contributed by atoms with van der Waals surface area (Å²) in [5, 5.41) is 2.05. The molecule has 4 nitrogen and oxygen atoms in total.